The largest absolute Gasteiger partial charge is 0.323 e. The lowest BCUT2D eigenvalue weighted by atomic mass is 9.83. The number of fused-ring (bicyclic) bond motifs is 1. The molecule has 1 aliphatic carbocycles. The number of amides is 1. The van der Waals surface area contributed by atoms with E-state index in [1.165, 1.54) is 11.1 Å². The maximum atomic E-state index is 12.4. The van der Waals surface area contributed by atoms with E-state index in [0.717, 1.165) is 23.7 Å². The summed E-state index contributed by atoms with van der Waals surface area (Å²) < 4.78 is 0.788. The molecule has 2 aromatic rings. The van der Waals surface area contributed by atoms with Gasteiger partial charge < -0.3 is 5.32 Å². The smallest absolute Gasteiger partial charge is 0.227 e. The zero-order chi connectivity index (χ0) is 14.8. The van der Waals surface area contributed by atoms with Crippen LogP contribution >= 0.6 is 27.5 Å². The highest BCUT2D eigenvalue weighted by Gasteiger charge is 2.25. The van der Waals surface area contributed by atoms with Crippen molar-refractivity contribution in [2.45, 2.75) is 19.3 Å². The molecule has 1 heterocycles. The van der Waals surface area contributed by atoms with Gasteiger partial charge in [-0.05, 0) is 52.4 Å². The molecule has 5 heteroatoms. The van der Waals surface area contributed by atoms with Crippen LogP contribution in [0.1, 0.15) is 17.5 Å². The zero-order valence-corrected chi connectivity index (χ0v) is 13.6. The van der Waals surface area contributed by atoms with E-state index in [1.54, 1.807) is 12.3 Å². The molecule has 3 nitrogen and oxygen atoms in total. The van der Waals surface area contributed by atoms with E-state index >= 15 is 0 Å². The van der Waals surface area contributed by atoms with Gasteiger partial charge in [0.25, 0.3) is 0 Å². The van der Waals surface area contributed by atoms with Crippen molar-refractivity contribution in [3.05, 3.63) is 57.3 Å². The van der Waals surface area contributed by atoms with E-state index < -0.39 is 0 Å². The highest BCUT2D eigenvalue weighted by atomic mass is 79.9. The number of rotatable bonds is 2. The molecule has 1 aromatic heterocycles. The summed E-state index contributed by atoms with van der Waals surface area (Å²) in [5.74, 6) is -0.0127. The van der Waals surface area contributed by atoms with Crippen molar-refractivity contribution in [2.75, 3.05) is 5.32 Å². The van der Waals surface area contributed by atoms with Crippen LogP contribution in [0, 0.1) is 5.92 Å². The third-order valence-corrected chi connectivity index (χ3v) is 4.52. The molecule has 1 aliphatic rings. The molecule has 3 rings (SSSR count). The van der Waals surface area contributed by atoms with Crippen LogP contribution in [0.15, 0.2) is 41.0 Å². The summed E-state index contributed by atoms with van der Waals surface area (Å²) in [5, 5.41) is 3.20. The molecule has 0 aliphatic heterocycles. The van der Waals surface area contributed by atoms with E-state index in [-0.39, 0.29) is 11.8 Å². The van der Waals surface area contributed by atoms with Crippen molar-refractivity contribution in [3.8, 4) is 0 Å². The molecule has 0 bridgehead atoms. The fraction of sp³-hybridized carbons (Fsp3) is 0.250. The van der Waals surface area contributed by atoms with Gasteiger partial charge in [-0.25, -0.2) is 4.98 Å². The van der Waals surface area contributed by atoms with E-state index in [4.69, 9.17) is 11.6 Å². The Bertz CT molecular complexity index is 690. The number of nitrogens with zero attached hydrogens (tertiary/aromatic N) is 1. The minimum Gasteiger partial charge on any atom is -0.323 e. The molecule has 0 spiro atoms. The molecule has 0 saturated heterocycles. The first kappa shape index (κ1) is 14.5. The number of anilines is 1. The number of benzene rings is 1. The number of aryl methyl sites for hydroxylation is 1. The summed E-state index contributed by atoms with van der Waals surface area (Å²) in [5.41, 5.74) is 3.17. The number of pyridine rings is 1. The molecule has 21 heavy (non-hydrogen) atoms. The second kappa shape index (κ2) is 6.16. The molecule has 0 saturated carbocycles. The summed E-state index contributed by atoms with van der Waals surface area (Å²) >= 11 is 9.34. The number of nitrogens with one attached hydrogen (secondary N) is 1. The Morgan fingerprint density at radius 2 is 2.10 bits per heavy atom. The Morgan fingerprint density at radius 1 is 1.33 bits per heavy atom. The van der Waals surface area contributed by atoms with Gasteiger partial charge in [0, 0.05) is 16.6 Å². The molecule has 1 unspecified atom stereocenters. The van der Waals surface area contributed by atoms with Gasteiger partial charge in [-0.1, -0.05) is 35.9 Å². The van der Waals surface area contributed by atoms with Crippen molar-refractivity contribution < 1.29 is 4.79 Å². The van der Waals surface area contributed by atoms with Gasteiger partial charge in [0.1, 0.15) is 0 Å². The lowest BCUT2D eigenvalue weighted by Gasteiger charge is -2.23. The standard InChI is InChI=1S/C16H14BrClN2O/c17-13-8-14(15(18)19-9-13)20-16(21)12-6-5-10-3-1-2-4-11(10)7-12/h1-4,8-9,12H,5-7H2,(H,20,21). The number of carbonyl (C=O) groups excluding carboxylic acids is 1. The number of aromatic nitrogens is 1. The fourth-order valence-electron chi connectivity index (χ4n) is 2.67. The number of carbonyl (C=O) groups is 1. The average molecular weight is 366 g/mol. The first-order valence-electron chi connectivity index (χ1n) is 6.82. The summed E-state index contributed by atoms with van der Waals surface area (Å²) in [6.45, 7) is 0. The quantitative estimate of drug-likeness (QED) is 0.809. The van der Waals surface area contributed by atoms with E-state index in [9.17, 15) is 4.79 Å². The highest BCUT2D eigenvalue weighted by molar-refractivity contribution is 9.10. The second-order valence-electron chi connectivity index (χ2n) is 5.19. The summed E-state index contributed by atoms with van der Waals surface area (Å²) in [4.78, 5) is 16.4. The molecular formula is C16H14BrClN2O. The zero-order valence-electron chi connectivity index (χ0n) is 11.3. The molecule has 1 N–H and O–H groups in total. The Balaban J connectivity index is 1.74. The van der Waals surface area contributed by atoms with Crippen molar-refractivity contribution in [1.29, 1.82) is 0 Å². The summed E-state index contributed by atoms with van der Waals surface area (Å²) in [6, 6.07) is 10.1. The first-order valence-corrected chi connectivity index (χ1v) is 7.99. The molecule has 108 valence electrons. The van der Waals surface area contributed by atoms with Crippen LogP contribution in [0.3, 0.4) is 0 Å². The van der Waals surface area contributed by atoms with Crippen molar-refractivity contribution in [3.63, 3.8) is 0 Å². The van der Waals surface area contributed by atoms with Gasteiger partial charge >= 0.3 is 0 Å². The predicted octanol–water partition coefficient (Wildman–Crippen LogP) is 4.24. The highest BCUT2D eigenvalue weighted by Crippen LogP contribution is 2.28. The molecule has 0 fully saturated rings. The Hall–Kier alpha value is -1.39. The van der Waals surface area contributed by atoms with Crippen molar-refractivity contribution >= 4 is 39.1 Å². The van der Waals surface area contributed by atoms with E-state index in [2.05, 4.69) is 38.4 Å². The number of hydrogen-bond acceptors (Lipinski definition) is 2. The van der Waals surface area contributed by atoms with Gasteiger partial charge in [-0.2, -0.15) is 0 Å². The molecule has 1 atom stereocenters. The van der Waals surface area contributed by atoms with Gasteiger partial charge in [0.05, 0.1) is 5.69 Å². The van der Waals surface area contributed by atoms with Crippen molar-refractivity contribution in [2.24, 2.45) is 5.92 Å². The van der Waals surface area contributed by atoms with Crippen LogP contribution in [0.25, 0.3) is 0 Å². The van der Waals surface area contributed by atoms with Crippen molar-refractivity contribution in [1.82, 2.24) is 4.98 Å². The minimum absolute atomic E-state index is 0.00584. The van der Waals surface area contributed by atoms with Crippen LogP contribution in [0.2, 0.25) is 5.15 Å². The SMILES string of the molecule is O=C(Nc1cc(Br)cnc1Cl)C1CCc2ccccc2C1. The predicted molar refractivity (Wildman–Crippen MR) is 87.5 cm³/mol. The van der Waals surface area contributed by atoms with Crippen LogP contribution in [-0.2, 0) is 17.6 Å². The maximum absolute atomic E-state index is 12.4. The fourth-order valence-corrected chi connectivity index (χ4v) is 3.15. The third-order valence-electron chi connectivity index (χ3n) is 3.78. The lowest BCUT2D eigenvalue weighted by Crippen LogP contribution is -2.28. The summed E-state index contributed by atoms with van der Waals surface area (Å²) in [7, 11) is 0. The summed E-state index contributed by atoms with van der Waals surface area (Å²) in [6.07, 6.45) is 4.19. The Kier molecular flexibility index (Phi) is 4.27. The van der Waals surface area contributed by atoms with Crippen LogP contribution in [0.5, 0.6) is 0 Å². The van der Waals surface area contributed by atoms with Gasteiger partial charge in [0.2, 0.25) is 5.91 Å². The van der Waals surface area contributed by atoms with E-state index in [1.807, 2.05) is 12.1 Å². The van der Waals surface area contributed by atoms with Gasteiger partial charge in [-0.15, -0.1) is 0 Å². The lowest BCUT2D eigenvalue weighted by molar-refractivity contribution is -0.120. The maximum Gasteiger partial charge on any atom is 0.227 e. The second-order valence-corrected chi connectivity index (χ2v) is 6.46. The number of halogens is 2. The van der Waals surface area contributed by atoms with Crippen LogP contribution < -0.4 is 5.32 Å². The third kappa shape index (κ3) is 3.27. The van der Waals surface area contributed by atoms with Crippen LogP contribution in [-0.4, -0.2) is 10.9 Å². The Morgan fingerprint density at radius 3 is 2.90 bits per heavy atom. The molecule has 0 radical (unpaired) electrons. The van der Waals surface area contributed by atoms with Crippen LogP contribution in [0.4, 0.5) is 5.69 Å². The normalized spacial score (nSPS) is 17.1. The van der Waals surface area contributed by atoms with Gasteiger partial charge in [-0.3, -0.25) is 4.79 Å². The van der Waals surface area contributed by atoms with Gasteiger partial charge in [0.15, 0.2) is 5.15 Å². The Labute approximate surface area is 136 Å². The van der Waals surface area contributed by atoms with E-state index in [0.29, 0.717) is 10.8 Å². The number of hydrogen-bond donors (Lipinski definition) is 1. The molecule has 1 aromatic carbocycles. The monoisotopic (exact) mass is 364 g/mol. The molecule has 1 amide bonds. The molecular weight excluding hydrogens is 352 g/mol. The minimum atomic E-state index is -0.0186. The topological polar surface area (TPSA) is 42.0 Å². The first-order chi connectivity index (χ1) is 10.1. The average Bonchev–Trinajstić information content (AvgIpc) is 2.50.